The lowest BCUT2D eigenvalue weighted by atomic mass is 10.1. The fourth-order valence-corrected chi connectivity index (χ4v) is 9.34. The van der Waals surface area contributed by atoms with Crippen molar-refractivity contribution in [2.24, 2.45) is 0 Å². The smallest absolute Gasteiger partial charge is 0.426 e. The SMILES string of the molecule is CCNCC(=O)N1CCc2cc(OCc3cc(-c4ccccc4)c(C(F)(F)F)s3)ccc21.O=C(CCl)N1CCc2cc(OCc3cc(-c4ccccc4)c(C(F)(F)F)s3)ccc21. The topological polar surface area (TPSA) is 71.1 Å². The van der Waals surface area contributed by atoms with Gasteiger partial charge in [0, 0.05) is 45.3 Å². The lowest BCUT2D eigenvalue weighted by Crippen LogP contribution is -2.37. The molecule has 0 saturated carbocycles. The Morgan fingerprint density at radius 2 is 1.08 bits per heavy atom. The Labute approximate surface area is 367 Å². The molecule has 0 atom stereocenters. The molecule has 324 valence electrons. The molecular weight excluding hydrogens is 872 g/mol. The van der Waals surface area contributed by atoms with E-state index in [0.717, 1.165) is 35.5 Å². The quantitative estimate of drug-likeness (QED) is 0.0978. The van der Waals surface area contributed by atoms with E-state index in [-0.39, 0.29) is 48.6 Å². The molecule has 6 aromatic rings. The summed E-state index contributed by atoms with van der Waals surface area (Å²) in [6, 6.07) is 31.0. The number of amides is 2. The summed E-state index contributed by atoms with van der Waals surface area (Å²) in [4.78, 5) is 27.3. The summed E-state index contributed by atoms with van der Waals surface area (Å²) >= 11 is 7.05. The highest BCUT2D eigenvalue weighted by molar-refractivity contribution is 7.13. The van der Waals surface area contributed by atoms with Crippen LogP contribution < -0.4 is 24.6 Å². The highest BCUT2D eigenvalue weighted by Gasteiger charge is 2.37. The van der Waals surface area contributed by atoms with Crippen LogP contribution in [0.5, 0.6) is 11.5 Å². The van der Waals surface area contributed by atoms with E-state index < -0.39 is 22.1 Å². The van der Waals surface area contributed by atoms with Gasteiger partial charge in [0.05, 0.1) is 6.54 Å². The molecule has 0 aliphatic carbocycles. The van der Waals surface area contributed by atoms with Gasteiger partial charge in [-0.15, -0.1) is 34.3 Å². The molecule has 62 heavy (non-hydrogen) atoms. The number of nitrogens with zero attached hydrogens (tertiary/aromatic N) is 2. The van der Waals surface area contributed by atoms with Crippen molar-refractivity contribution >= 4 is 57.5 Å². The van der Waals surface area contributed by atoms with Gasteiger partial charge in [-0.25, -0.2) is 0 Å². The van der Waals surface area contributed by atoms with E-state index in [4.69, 9.17) is 21.1 Å². The summed E-state index contributed by atoms with van der Waals surface area (Å²) in [6.45, 7) is 4.21. The monoisotopic (exact) mass is 911 g/mol. The molecular formula is C46H40ClF6N3O4S2. The lowest BCUT2D eigenvalue weighted by molar-refractivity contribution is -0.134. The van der Waals surface area contributed by atoms with E-state index in [1.54, 1.807) is 94.7 Å². The van der Waals surface area contributed by atoms with Gasteiger partial charge in [-0.05, 0) is 90.2 Å². The molecule has 8 rings (SSSR count). The second-order valence-electron chi connectivity index (χ2n) is 14.3. The molecule has 4 aromatic carbocycles. The maximum absolute atomic E-state index is 13.6. The molecule has 2 aliphatic rings. The summed E-state index contributed by atoms with van der Waals surface area (Å²) in [5.41, 5.74) is 5.01. The third kappa shape index (κ3) is 10.5. The van der Waals surface area contributed by atoms with E-state index in [1.165, 1.54) is 6.07 Å². The number of fused-ring (bicyclic) bond motifs is 2. The minimum atomic E-state index is -4.43. The number of nitrogens with one attached hydrogen (secondary N) is 1. The Kier molecular flexibility index (Phi) is 14.0. The number of hydrogen-bond acceptors (Lipinski definition) is 7. The molecule has 4 heterocycles. The second kappa shape index (κ2) is 19.4. The van der Waals surface area contributed by atoms with Gasteiger partial charge in [0.2, 0.25) is 11.8 Å². The minimum absolute atomic E-state index is 0.0194. The Balaban J connectivity index is 0.000000187. The number of rotatable bonds is 12. The van der Waals surface area contributed by atoms with Gasteiger partial charge in [-0.1, -0.05) is 67.6 Å². The number of halogens is 7. The van der Waals surface area contributed by atoms with Gasteiger partial charge in [0.15, 0.2) is 0 Å². The van der Waals surface area contributed by atoms with Crippen molar-refractivity contribution in [2.75, 3.05) is 41.9 Å². The third-order valence-electron chi connectivity index (χ3n) is 10.1. The highest BCUT2D eigenvalue weighted by atomic mass is 35.5. The fourth-order valence-electron chi connectivity index (χ4n) is 7.27. The van der Waals surface area contributed by atoms with Crippen molar-refractivity contribution in [2.45, 2.75) is 45.3 Å². The summed E-state index contributed by atoms with van der Waals surface area (Å²) in [5, 5.41) is 3.04. The number of anilines is 2. The summed E-state index contributed by atoms with van der Waals surface area (Å²) in [5.74, 6) is 0.910. The van der Waals surface area contributed by atoms with Crippen molar-refractivity contribution in [3.8, 4) is 33.8 Å². The number of hydrogen-bond donors (Lipinski definition) is 1. The molecule has 0 saturated heterocycles. The van der Waals surface area contributed by atoms with Crippen LogP contribution in [0.4, 0.5) is 37.7 Å². The Morgan fingerprint density at radius 3 is 1.48 bits per heavy atom. The lowest BCUT2D eigenvalue weighted by Gasteiger charge is -2.17. The van der Waals surface area contributed by atoms with E-state index in [9.17, 15) is 35.9 Å². The molecule has 2 aliphatic heterocycles. The average Bonchev–Trinajstić information content (AvgIpc) is 4.09. The van der Waals surface area contributed by atoms with Crippen molar-refractivity contribution in [1.29, 1.82) is 0 Å². The van der Waals surface area contributed by atoms with Crippen LogP contribution in [0.2, 0.25) is 0 Å². The molecule has 0 bridgehead atoms. The first kappa shape index (κ1) is 44.7. The molecule has 2 aromatic heterocycles. The van der Waals surface area contributed by atoms with E-state index in [2.05, 4.69) is 5.32 Å². The van der Waals surface area contributed by atoms with Crippen LogP contribution in [0.1, 0.15) is 37.6 Å². The number of benzene rings is 4. The maximum Gasteiger partial charge on any atom is 0.426 e. The van der Waals surface area contributed by atoms with Crippen LogP contribution in [0, 0.1) is 0 Å². The number of alkyl halides is 7. The van der Waals surface area contributed by atoms with Crippen LogP contribution in [0.3, 0.4) is 0 Å². The number of carbonyl (C=O) groups excluding carboxylic acids is 2. The van der Waals surface area contributed by atoms with Gasteiger partial charge < -0.3 is 24.6 Å². The van der Waals surface area contributed by atoms with Gasteiger partial charge in [-0.3, -0.25) is 9.59 Å². The summed E-state index contributed by atoms with van der Waals surface area (Å²) in [7, 11) is 0. The first-order chi connectivity index (χ1) is 29.7. The van der Waals surface area contributed by atoms with Crippen molar-refractivity contribution < 1.29 is 45.4 Å². The summed E-state index contributed by atoms with van der Waals surface area (Å²) < 4.78 is 92.9. The largest absolute Gasteiger partial charge is 0.488 e. The van der Waals surface area contributed by atoms with Crippen LogP contribution in [-0.4, -0.2) is 43.9 Å². The predicted molar refractivity (Wildman–Crippen MR) is 232 cm³/mol. The average molecular weight is 912 g/mol. The maximum atomic E-state index is 13.6. The second-order valence-corrected chi connectivity index (χ2v) is 16.8. The molecule has 0 fully saturated rings. The number of likely N-dealkylation sites (N-methyl/N-ethyl adjacent to an activating group) is 1. The minimum Gasteiger partial charge on any atom is -0.488 e. The first-order valence-electron chi connectivity index (χ1n) is 19.6. The molecule has 1 N–H and O–H groups in total. The molecule has 7 nitrogen and oxygen atoms in total. The van der Waals surface area contributed by atoms with E-state index in [1.807, 2.05) is 25.1 Å². The van der Waals surface area contributed by atoms with Crippen LogP contribution in [-0.2, 0) is 48.0 Å². The summed E-state index contributed by atoms with van der Waals surface area (Å²) in [6.07, 6.45) is -7.45. The van der Waals surface area contributed by atoms with Crippen molar-refractivity contribution in [3.05, 3.63) is 140 Å². The number of ether oxygens (including phenoxy) is 2. The molecule has 0 unspecified atom stereocenters. The van der Waals surface area contributed by atoms with Crippen LogP contribution in [0.15, 0.2) is 109 Å². The normalized spacial score (nSPS) is 13.4. The predicted octanol–water partition coefficient (Wildman–Crippen LogP) is 11.7. The number of thiophene rings is 2. The highest BCUT2D eigenvalue weighted by Crippen LogP contribution is 2.45. The first-order valence-corrected chi connectivity index (χ1v) is 21.8. The van der Waals surface area contributed by atoms with Crippen LogP contribution >= 0.6 is 34.3 Å². The Bertz CT molecular complexity index is 2510. The fraction of sp³-hybridized carbons (Fsp3) is 0.261. The number of carbonyl (C=O) groups is 2. The van der Waals surface area contributed by atoms with Gasteiger partial charge in [0.25, 0.3) is 0 Å². The van der Waals surface area contributed by atoms with Gasteiger partial charge in [-0.2, -0.15) is 26.3 Å². The van der Waals surface area contributed by atoms with Crippen molar-refractivity contribution in [1.82, 2.24) is 5.32 Å². The van der Waals surface area contributed by atoms with Gasteiger partial charge >= 0.3 is 12.4 Å². The molecule has 0 spiro atoms. The Morgan fingerprint density at radius 1 is 0.645 bits per heavy atom. The zero-order chi connectivity index (χ0) is 44.0. The standard InChI is InChI=1S/C24H23F3N2O2S.C22H17ClF3NO2S/c1-2-28-14-22(30)29-11-10-17-12-18(8-9-21(17)29)31-15-19-13-20(16-6-4-3-5-7-16)23(32-19)24(25,26)27;23-12-20(28)27-9-8-15-10-16(6-7-19(15)27)29-13-17-11-18(14-4-2-1-3-5-14)21(30-17)22(24,25)26/h3-9,12-13,28H,2,10-11,14-15H2,1H3;1-7,10-11H,8-9,12-13H2. The molecule has 0 radical (unpaired) electrons. The zero-order valence-corrected chi connectivity index (χ0v) is 35.6. The van der Waals surface area contributed by atoms with E-state index >= 15 is 0 Å². The molecule has 2 amide bonds. The van der Waals surface area contributed by atoms with Crippen LogP contribution in [0.25, 0.3) is 22.3 Å². The zero-order valence-electron chi connectivity index (χ0n) is 33.2. The third-order valence-corrected chi connectivity index (χ3v) is 12.7. The molecule has 16 heteroatoms. The van der Waals surface area contributed by atoms with Crippen molar-refractivity contribution in [3.63, 3.8) is 0 Å². The Hall–Kier alpha value is -5.35. The van der Waals surface area contributed by atoms with E-state index in [0.29, 0.717) is 74.6 Å². The van der Waals surface area contributed by atoms with Gasteiger partial charge in [0.1, 0.15) is 40.3 Å².